The van der Waals surface area contributed by atoms with Gasteiger partial charge >= 0.3 is 18.5 Å². The van der Waals surface area contributed by atoms with E-state index in [2.05, 4.69) is 73.8 Å². The third-order valence-electron chi connectivity index (χ3n) is 12.3. The minimum Gasteiger partial charge on any atom is -0.206 e. The smallest absolute Gasteiger partial charge is 0.206 e. The molecular formula is C68H67Br3Cl5F13. The highest BCUT2D eigenvalue weighted by Crippen LogP contribution is 2.43. The Labute approximate surface area is 564 Å². The van der Waals surface area contributed by atoms with Crippen LogP contribution in [0.15, 0.2) is 110 Å². The van der Waals surface area contributed by atoms with Gasteiger partial charge in [-0.05, 0) is 303 Å². The van der Waals surface area contributed by atoms with Crippen LogP contribution in [0, 0.1) is 141 Å². The zero-order chi connectivity index (χ0) is 69.3. The number of hydrogen-bond acceptors (Lipinski definition) is 0. The maximum atomic E-state index is 12.9. The standard InChI is InChI=1S/C10H8F6.C9H8ClF3.C9H11Cl.C8H8BrCl.2C8H8BrF.2C8H8ClF/c1-5-3-6(2)8(10(14,15)16)7(4-5)9(11,12)13;1-5-3-6(2)8(7(10)4-5)9(11,12)13;1-6-4-7(2)8(3)9(10)5-6;2*1-5-3-6(2)8(9)7(10)4-5;1-5-3-6(2)8(10)7(9)4-5;1-5-3-6(2)8(9)7(10)4-5;1-5-3-6(2)8(10)7(9)4-5/h3-4H,1-2H3;3-4H,1-2H3;4-5H,1-3H3;5*3-4H,1-2H3. The highest BCUT2D eigenvalue weighted by molar-refractivity contribution is 9.11. The molecule has 89 heavy (non-hydrogen) atoms. The number of halogens is 21. The molecule has 0 spiro atoms. The summed E-state index contributed by atoms with van der Waals surface area (Å²) in [5, 5.41) is 1.86. The highest BCUT2D eigenvalue weighted by atomic mass is 79.9. The Hall–Kier alpha value is -4.26. The lowest BCUT2D eigenvalue weighted by molar-refractivity contribution is -0.162. The van der Waals surface area contributed by atoms with Gasteiger partial charge in [0.2, 0.25) is 0 Å². The van der Waals surface area contributed by atoms with E-state index in [1.54, 1.807) is 45.9 Å². The molecule has 0 aliphatic heterocycles. The molecule has 0 aliphatic rings. The van der Waals surface area contributed by atoms with Gasteiger partial charge in [0.25, 0.3) is 0 Å². The van der Waals surface area contributed by atoms with Gasteiger partial charge < -0.3 is 0 Å². The first-order chi connectivity index (χ1) is 40.5. The van der Waals surface area contributed by atoms with Crippen molar-refractivity contribution in [1.82, 2.24) is 0 Å². The molecule has 0 amide bonds. The molecule has 0 N–H and O–H groups in total. The predicted molar refractivity (Wildman–Crippen MR) is 355 cm³/mol. The van der Waals surface area contributed by atoms with Crippen LogP contribution < -0.4 is 0 Å². The van der Waals surface area contributed by atoms with Crippen LogP contribution in [-0.2, 0) is 18.5 Å². The average Bonchev–Trinajstić information content (AvgIpc) is 2.77. The van der Waals surface area contributed by atoms with Gasteiger partial charge in [-0.1, -0.05) is 112 Å². The van der Waals surface area contributed by atoms with Crippen molar-refractivity contribution >= 4 is 106 Å². The number of aryl methyl sites for hydroxylation is 16. The largest absolute Gasteiger partial charge is 0.418 e. The Kier molecular flexibility index (Phi) is 33.7. The molecule has 0 saturated heterocycles. The summed E-state index contributed by atoms with van der Waals surface area (Å²) in [5.74, 6) is -0.991. The number of benzene rings is 8. The third kappa shape index (κ3) is 27.8. The summed E-state index contributed by atoms with van der Waals surface area (Å²) < 4.78 is 165. The monoisotopic (exact) mass is 1540 g/mol. The maximum absolute atomic E-state index is 12.9. The summed E-state index contributed by atoms with van der Waals surface area (Å²) in [6, 6.07) is 26.2. The zero-order valence-corrected chi connectivity index (χ0v) is 60.2. The number of rotatable bonds is 0. The van der Waals surface area contributed by atoms with Crippen LogP contribution in [-0.4, -0.2) is 0 Å². The lowest BCUT2D eigenvalue weighted by Gasteiger charge is -2.18. The normalized spacial score (nSPS) is 10.8. The van der Waals surface area contributed by atoms with Crippen LogP contribution in [0.4, 0.5) is 57.1 Å². The molecule has 486 valence electrons. The van der Waals surface area contributed by atoms with Crippen LogP contribution in [0.3, 0.4) is 0 Å². The molecule has 8 aromatic rings. The summed E-state index contributed by atoms with van der Waals surface area (Å²) in [6.45, 7) is 30.4. The molecule has 0 radical (unpaired) electrons. The highest BCUT2D eigenvalue weighted by Gasteiger charge is 2.44. The minimum atomic E-state index is -5.00. The minimum absolute atomic E-state index is 0.151. The number of alkyl halides is 9. The van der Waals surface area contributed by atoms with Crippen LogP contribution in [0.1, 0.15) is 111 Å². The summed E-state index contributed by atoms with van der Waals surface area (Å²) in [5.41, 5.74) is 9.68. The third-order valence-corrected chi connectivity index (χ3v) is 16.9. The molecule has 8 aromatic carbocycles. The lowest BCUT2D eigenvalue weighted by Crippen LogP contribution is -2.18. The van der Waals surface area contributed by atoms with E-state index in [1.807, 2.05) is 85.7 Å². The fourth-order valence-electron chi connectivity index (χ4n) is 8.32. The molecule has 0 aromatic heterocycles. The van der Waals surface area contributed by atoms with Gasteiger partial charge in [-0.25, -0.2) is 17.6 Å². The molecule has 0 aliphatic carbocycles. The first-order valence-electron chi connectivity index (χ1n) is 26.5. The Balaban J connectivity index is 0.000000512. The molecule has 21 heteroatoms. The van der Waals surface area contributed by atoms with E-state index in [4.69, 9.17) is 58.0 Å². The number of hydrogen-bond donors (Lipinski definition) is 0. The van der Waals surface area contributed by atoms with Gasteiger partial charge in [0, 0.05) is 9.50 Å². The summed E-state index contributed by atoms with van der Waals surface area (Å²) in [7, 11) is 0. The van der Waals surface area contributed by atoms with Crippen molar-refractivity contribution in [2.75, 3.05) is 0 Å². The van der Waals surface area contributed by atoms with Crippen LogP contribution >= 0.6 is 106 Å². The fraction of sp³-hybridized carbons (Fsp3) is 0.294. The van der Waals surface area contributed by atoms with Crippen molar-refractivity contribution in [3.05, 3.63) is 270 Å². The molecule has 0 atom stereocenters. The Morgan fingerprint density at radius 2 is 0.607 bits per heavy atom. The van der Waals surface area contributed by atoms with Crippen molar-refractivity contribution in [2.24, 2.45) is 0 Å². The van der Waals surface area contributed by atoms with Crippen molar-refractivity contribution in [3.8, 4) is 0 Å². The second-order valence-electron chi connectivity index (χ2n) is 21.0. The molecule has 0 saturated carbocycles. The molecule has 0 unspecified atom stereocenters. The quantitative estimate of drug-likeness (QED) is 0.133. The first kappa shape index (κ1) is 82.8. The Bertz CT molecular complexity index is 3110. The molecule has 0 heterocycles. The molecule has 8 rings (SSSR count). The average molecular weight is 1550 g/mol. The van der Waals surface area contributed by atoms with E-state index < -0.39 is 40.8 Å². The van der Waals surface area contributed by atoms with E-state index in [0.29, 0.717) is 26.1 Å². The molecular weight excluding hydrogens is 1480 g/mol. The first-order valence-corrected chi connectivity index (χ1v) is 30.7. The van der Waals surface area contributed by atoms with Crippen LogP contribution in [0.5, 0.6) is 0 Å². The summed E-state index contributed by atoms with van der Waals surface area (Å²) >= 11 is 38.1. The molecule has 0 nitrogen and oxygen atoms in total. The summed E-state index contributed by atoms with van der Waals surface area (Å²) in [6.07, 6.45) is -14.4. The Morgan fingerprint density at radius 3 is 0.989 bits per heavy atom. The predicted octanol–water partition coefficient (Wildman–Crippen LogP) is 27.9. The van der Waals surface area contributed by atoms with E-state index in [9.17, 15) is 57.1 Å². The van der Waals surface area contributed by atoms with E-state index in [1.165, 1.54) is 65.9 Å². The molecule has 0 fully saturated rings. The van der Waals surface area contributed by atoms with Gasteiger partial charge in [-0.3, -0.25) is 0 Å². The van der Waals surface area contributed by atoms with Crippen molar-refractivity contribution in [3.63, 3.8) is 0 Å². The van der Waals surface area contributed by atoms with Gasteiger partial charge in [-0.15, -0.1) is 0 Å². The van der Waals surface area contributed by atoms with Gasteiger partial charge in [0.05, 0.1) is 45.7 Å². The topological polar surface area (TPSA) is 0 Å². The zero-order valence-electron chi connectivity index (χ0n) is 51.7. The van der Waals surface area contributed by atoms with Crippen molar-refractivity contribution < 1.29 is 57.1 Å². The van der Waals surface area contributed by atoms with Crippen molar-refractivity contribution in [1.29, 1.82) is 0 Å². The second-order valence-corrected chi connectivity index (χ2v) is 25.5. The Morgan fingerprint density at radius 1 is 0.281 bits per heavy atom. The van der Waals surface area contributed by atoms with Crippen LogP contribution in [0.2, 0.25) is 25.1 Å². The fourth-order valence-corrected chi connectivity index (χ4v) is 11.0. The van der Waals surface area contributed by atoms with E-state index >= 15 is 0 Å². The van der Waals surface area contributed by atoms with Gasteiger partial charge in [0.15, 0.2) is 0 Å². The maximum Gasteiger partial charge on any atom is 0.418 e. The van der Waals surface area contributed by atoms with E-state index in [-0.39, 0.29) is 49.5 Å². The molecule has 0 bridgehead atoms. The van der Waals surface area contributed by atoms with E-state index in [0.717, 1.165) is 66.5 Å². The lowest BCUT2D eigenvalue weighted by atomic mass is 9.98. The van der Waals surface area contributed by atoms with Gasteiger partial charge in [-0.2, -0.15) is 39.5 Å². The van der Waals surface area contributed by atoms with Crippen LogP contribution in [0.25, 0.3) is 0 Å². The SMILES string of the molecule is Cc1cc(C)c(Br)c(Cl)c1.Cc1cc(C)c(Br)c(F)c1.Cc1cc(C)c(C(F)(F)F)c(C(F)(F)F)c1.Cc1cc(C)c(C(F)(F)F)c(Cl)c1.Cc1cc(C)c(C)c(Cl)c1.Cc1cc(C)c(Cl)c(F)c1.Cc1cc(C)c(F)c(Br)c1.Cc1cc(C)c(F)c(Cl)c1. The second kappa shape index (κ2) is 36.3. The van der Waals surface area contributed by atoms with Crippen molar-refractivity contribution in [2.45, 2.75) is 136 Å². The summed E-state index contributed by atoms with van der Waals surface area (Å²) in [4.78, 5) is 0. The van der Waals surface area contributed by atoms with Gasteiger partial charge in [0.1, 0.15) is 23.3 Å².